The van der Waals surface area contributed by atoms with Crippen LogP contribution < -0.4 is 13.8 Å². The number of benzene rings is 1. The van der Waals surface area contributed by atoms with E-state index in [1.807, 2.05) is 4.90 Å². The summed E-state index contributed by atoms with van der Waals surface area (Å²) in [5, 5.41) is 0.0730. The van der Waals surface area contributed by atoms with Crippen LogP contribution in [0.25, 0.3) is 10.9 Å². The van der Waals surface area contributed by atoms with Crippen LogP contribution in [0, 0.1) is 6.92 Å². The molecular formula is C21H26F3N3O6S. The topological polar surface area (TPSA) is 98.3 Å². The molecule has 9 nitrogen and oxygen atoms in total. The predicted octanol–water partition coefficient (Wildman–Crippen LogP) is 3.84. The first-order chi connectivity index (χ1) is 15.6. The van der Waals surface area contributed by atoms with Crippen LogP contribution in [0.4, 0.5) is 23.7 Å². The number of carbonyl (C=O) groups is 1. The third-order valence-electron chi connectivity index (χ3n) is 4.95. The molecule has 1 aliphatic rings. The van der Waals surface area contributed by atoms with E-state index in [-0.39, 0.29) is 16.6 Å². The van der Waals surface area contributed by atoms with E-state index in [9.17, 15) is 26.4 Å². The number of fused-ring (bicyclic) bond motifs is 1. The highest BCUT2D eigenvalue weighted by molar-refractivity contribution is 7.88. The quantitative estimate of drug-likeness (QED) is 0.457. The molecule has 2 aromatic rings. The lowest BCUT2D eigenvalue weighted by molar-refractivity contribution is -0.0499. The van der Waals surface area contributed by atoms with E-state index in [0.29, 0.717) is 37.6 Å². The molecule has 0 radical (unpaired) electrons. The Morgan fingerprint density at radius 1 is 1.03 bits per heavy atom. The minimum Gasteiger partial charge on any atom is -0.495 e. The first-order valence-electron chi connectivity index (χ1n) is 10.3. The Hall–Kier alpha value is -2.96. The van der Waals surface area contributed by atoms with Gasteiger partial charge in [0.2, 0.25) is 0 Å². The first-order valence-corrected chi connectivity index (χ1v) is 11.7. The van der Waals surface area contributed by atoms with Gasteiger partial charge in [-0.15, -0.1) is 0 Å². The van der Waals surface area contributed by atoms with Gasteiger partial charge in [-0.25, -0.2) is 4.79 Å². The van der Waals surface area contributed by atoms with Crippen LogP contribution in [0.5, 0.6) is 11.5 Å². The second kappa shape index (κ2) is 9.01. The van der Waals surface area contributed by atoms with Gasteiger partial charge >= 0.3 is 21.7 Å². The fourth-order valence-electron chi connectivity index (χ4n) is 3.44. The highest BCUT2D eigenvalue weighted by atomic mass is 32.2. The zero-order valence-electron chi connectivity index (χ0n) is 19.4. The Morgan fingerprint density at radius 3 is 2.18 bits per heavy atom. The number of aromatic nitrogens is 1. The zero-order valence-corrected chi connectivity index (χ0v) is 20.2. The lowest BCUT2D eigenvalue weighted by Crippen LogP contribution is -2.50. The largest absolute Gasteiger partial charge is 0.534 e. The Balaban J connectivity index is 1.95. The zero-order chi connectivity index (χ0) is 25.5. The number of pyridine rings is 1. The van der Waals surface area contributed by atoms with Crippen LogP contribution in [0.15, 0.2) is 18.2 Å². The summed E-state index contributed by atoms with van der Waals surface area (Å²) in [4.78, 5) is 20.0. The molecule has 0 saturated carbocycles. The van der Waals surface area contributed by atoms with E-state index in [4.69, 9.17) is 9.47 Å². The number of anilines is 1. The van der Waals surface area contributed by atoms with Crippen molar-refractivity contribution in [2.45, 2.75) is 38.8 Å². The molecule has 34 heavy (non-hydrogen) atoms. The number of methoxy groups -OCH3 is 1. The highest BCUT2D eigenvalue weighted by Gasteiger charge is 2.48. The molecule has 1 aromatic carbocycles. The van der Waals surface area contributed by atoms with Crippen LogP contribution in [0.3, 0.4) is 0 Å². The molecule has 2 heterocycles. The lowest BCUT2D eigenvalue weighted by Gasteiger charge is -2.37. The molecule has 1 aliphatic heterocycles. The van der Waals surface area contributed by atoms with Crippen LogP contribution >= 0.6 is 0 Å². The summed E-state index contributed by atoms with van der Waals surface area (Å²) >= 11 is 0. The smallest absolute Gasteiger partial charge is 0.495 e. The maximum atomic E-state index is 12.9. The number of piperazine rings is 1. The minimum atomic E-state index is -5.87. The van der Waals surface area contributed by atoms with Gasteiger partial charge in [0.1, 0.15) is 11.4 Å². The number of amides is 1. The van der Waals surface area contributed by atoms with Crippen molar-refractivity contribution in [3.63, 3.8) is 0 Å². The molecule has 0 atom stereocenters. The normalized spacial score (nSPS) is 15.4. The molecule has 1 saturated heterocycles. The molecule has 0 spiro atoms. The van der Waals surface area contributed by atoms with E-state index in [1.54, 1.807) is 25.7 Å². The van der Waals surface area contributed by atoms with E-state index in [2.05, 4.69) is 9.17 Å². The van der Waals surface area contributed by atoms with Crippen molar-refractivity contribution in [3.8, 4) is 11.5 Å². The fraction of sp³-hybridized carbons (Fsp3) is 0.524. The number of halogens is 3. The summed E-state index contributed by atoms with van der Waals surface area (Å²) in [6.45, 7) is 8.28. The van der Waals surface area contributed by atoms with Crippen molar-refractivity contribution >= 4 is 32.8 Å². The number of rotatable bonds is 4. The average molecular weight is 506 g/mol. The van der Waals surface area contributed by atoms with E-state index >= 15 is 0 Å². The van der Waals surface area contributed by atoms with Crippen LogP contribution in [0.1, 0.15) is 26.5 Å². The van der Waals surface area contributed by atoms with Crippen molar-refractivity contribution in [2.75, 3.05) is 38.2 Å². The molecule has 0 N–H and O–H groups in total. The Kier molecular flexibility index (Phi) is 6.80. The molecule has 1 fully saturated rings. The number of ether oxygens (including phenoxy) is 2. The molecule has 13 heteroatoms. The summed E-state index contributed by atoms with van der Waals surface area (Å²) in [6, 6.07) is 4.11. The van der Waals surface area contributed by atoms with E-state index < -0.39 is 33.1 Å². The van der Waals surface area contributed by atoms with Crippen LogP contribution in [-0.2, 0) is 14.9 Å². The summed E-state index contributed by atoms with van der Waals surface area (Å²) < 4.78 is 77.3. The number of hydrogen-bond acceptors (Lipinski definition) is 8. The SMILES string of the molecule is COc1cc2nc(C)cc(OS(=O)(=O)C(F)(F)F)c2cc1N1CCN(C(=O)OC(C)(C)C)CC1. The van der Waals surface area contributed by atoms with Crippen LogP contribution in [0.2, 0.25) is 0 Å². The number of carbonyl (C=O) groups excluding carboxylic acids is 1. The number of nitrogens with zero attached hydrogens (tertiary/aromatic N) is 3. The molecule has 1 amide bonds. The number of alkyl halides is 3. The summed E-state index contributed by atoms with van der Waals surface area (Å²) in [7, 11) is -4.44. The third-order valence-corrected chi connectivity index (χ3v) is 5.92. The average Bonchev–Trinajstić information content (AvgIpc) is 2.70. The number of hydrogen-bond donors (Lipinski definition) is 0. The third kappa shape index (κ3) is 5.57. The van der Waals surface area contributed by atoms with Gasteiger partial charge in [0.25, 0.3) is 0 Å². The standard InChI is InChI=1S/C21H26F3N3O6S/c1-13-10-17(33-34(29,30)21(22,23)24)14-11-16(18(31-5)12-15(14)25-13)26-6-8-27(9-7-26)19(28)32-20(2,3)4/h10-12H,6-9H2,1-5H3. The Morgan fingerprint density at radius 2 is 1.65 bits per heavy atom. The molecule has 1 aromatic heterocycles. The predicted molar refractivity (Wildman–Crippen MR) is 119 cm³/mol. The molecule has 0 unspecified atom stereocenters. The van der Waals surface area contributed by atoms with Crippen molar-refractivity contribution < 1.29 is 40.0 Å². The van der Waals surface area contributed by atoms with Crippen molar-refractivity contribution in [3.05, 3.63) is 23.9 Å². The van der Waals surface area contributed by atoms with Gasteiger partial charge in [-0.3, -0.25) is 4.98 Å². The minimum absolute atomic E-state index is 0.0730. The molecular weight excluding hydrogens is 479 g/mol. The van der Waals surface area contributed by atoms with Gasteiger partial charge in [-0.05, 0) is 33.8 Å². The van der Waals surface area contributed by atoms with Crippen molar-refractivity contribution in [1.82, 2.24) is 9.88 Å². The Labute approximate surface area is 195 Å². The lowest BCUT2D eigenvalue weighted by atomic mass is 10.1. The summed E-state index contributed by atoms with van der Waals surface area (Å²) in [5.74, 6) is -0.0999. The highest BCUT2D eigenvalue weighted by Crippen LogP contribution is 2.39. The maximum absolute atomic E-state index is 12.9. The van der Waals surface area contributed by atoms with E-state index in [1.165, 1.54) is 26.2 Å². The monoisotopic (exact) mass is 505 g/mol. The van der Waals surface area contributed by atoms with Gasteiger partial charge in [-0.2, -0.15) is 21.6 Å². The van der Waals surface area contributed by atoms with Gasteiger partial charge < -0.3 is 23.5 Å². The van der Waals surface area contributed by atoms with E-state index in [0.717, 1.165) is 6.07 Å². The fourth-order valence-corrected chi connectivity index (χ4v) is 3.91. The van der Waals surface area contributed by atoms with Gasteiger partial charge in [0.15, 0.2) is 5.75 Å². The van der Waals surface area contributed by atoms with Crippen molar-refractivity contribution in [2.24, 2.45) is 0 Å². The molecule has 0 aliphatic carbocycles. The maximum Gasteiger partial charge on any atom is 0.534 e. The molecule has 0 bridgehead atoms. The Bertz CT molecular complexity index is 1190. The van der Waals surface area contributed by atoms with Gasteiger partial charge in [0, 0.05) is 49.4 Å². The van der Waals surface area contributed by atoms with Crippen molar-refractivity contribution in [1.29, 1.82) is 0 Å². The van der Waals surface area contributed by atoms with Gasteiger partial charge in [-0.1, -0.05) is 0 Å². The first kappa shape index (κ1) is 25.7. The van der Waals surface area contributed by atoms with Crippen LogP contribution in [-0.4, -0.2) is 68.8 Å². The summed E-state index contributed by atoms with van der Waals surface area (Å²) in [6.07, 6.45) is -0.439. The second-order valence-corrected chi connectivity index (χ2v) is 10.3. The molecule has 3 rings (SSSR count). The molecule has 188 valence electrons. The summed E-state index contributed by atoms with van der Waals surface area (Å²) in [5.41, 5.74) is -5.24. The number of aryl methyl sites for hydroxylation is 1. The van der Waals surface area contributed by atoms with Gasteiger partial charge in [0.05, 0.1) is 18.3 Å². The second-order valence-electron chi connectivity index (χ2n) is 8.74.